The predicted molar refractivity (Wildman–Crippen MR) is 130 cm³/mol. The zero-order chi connectivity index (χ0) is 23.3. The molecule has 1 amide bonds. The largest absolute Gasteiger partial charge is 0.325 e. The Labute approximate surface area is 204 Å². The summed E-state index contributed by atoms with van der Waals surface area (Å²) in [4.78, 5) is 12.1. The lowest BCUT2D eigenvalue weighted by Crippen LogP contribution is -2.15. The van der Waals surface area contributed by atoms with E-state index in [9.17, 15) is 17.6 Å². The van der Waals surface area contributed by atoms with Gasteiger partial charge >= 0.3 is 0 Å². The Kier molecular flexibility index (Phi) is 8.30. The number of amides is 1. The summed E-state index contributed by atoms with van der Waals surface area (Å²) < 4.78 is 41.3. The number of nitrogens with one attached hydrogen (secondary N) is 2. The normalized spacial score (nSPS) is 11.2. The summed E-state index contributed by atoms with van der Waals surface area (Å²) >= 11 is 19.0. The molecule has 0 atom stereocenters. The molecule has 0 aliphatic rings. The van der Waals surface area contributed by atoms with Gasteiger partial charge < -0.3 is 5.32 Å². The Morgan fingerprint density at radius 1 is 0.938 bits per heavy atom. The summed E-state index contributed by atoms with van der Waals surface area (Å²) in [5.41, 5.74) is 0.992. The topological polar surface area (TPSA) is 75.3 Å². The van der Waals surface area contributed by atoms with Gasteiger partial charge in [0, 0.05) is 32.1 Å². The van der Waals surface area contributed by atoms with E-state index in [4.69, 9.17) is 34.8 Å². The fraction of sp³-hybridized carbons (Fsp3) is 0.0952. The lowest BCUT2D eigenvalue weighted by molar-refractivity contribution is -0.113. The van der Waals surface area contributed by atoms with Gasteiger partial charge in [0.2, 0.25) is 5.91 Å². The summed E-state index contributed by atoms with van der Waals surface area (Å²) in [7, 11) is -3.88. The molecule has 0 aromatic heterocycles. The molecule has 0 aliphatic carbocycles. The second-order valence-electron chi connectivity index (χ2n) is 6.53. The molecule has 2 N–H and O–H groups in total. The third-order valence-corrected chi connectivity index (χ3v) is 7.25. The Morgan fingerprint density at radius 2 is 1.59 bits per heavy atom. The highest BCUT2D eigenvalue weighted by atomic mass is 35.5. The van der Waals surface area contributed by atoms with E-state index in [1.165, 1.54) is 66.4 Å². The molecule has 0 heterocycles. The van der Waals surface area contributed by atoms with Crippen LogP contribution in [0, 0.1) is 5.82 Å². The van der Waals surface area contributed by atoms with Gasteiger partial charge in [0.05, 0.1) is 16.3 Å². The van der Waals surface area contributed by atoms with Crippen LogP contribution in [0.3, 0.4) is 0 Å². The van der Waals surface area contributed by atoms with Crippen LogP contribution in [0.2, 0.25) is 15.1 Å². The third-order valence-electron chi connectivity index (χ3n) is 4.10. The van der Waals surface area contributed by atoms with Crippen LogP contribution in [-0.2, 0) is 20.6 Å². The summed E-state index contributed by atoms with van der Waals surface area (Å²) in [6.45, 7) is 0. The molecule has 32 heavy (non-hydrogen) atoms. The number of hydrogen-bond acceptors (Lipinski definition) is 4. The molecule has 0 aliphatic heterocycles. The van der Waals surface area contributed by atoms with Gasteiger partial charge in [-0.05, 0) is 54.6 Å². The number of sulfonamides is 1. The van der Waals surface area contributed by atoms with E-state index in [0.717, 1.165) is 0 Å². The molecule has 0 unspecified atom stereocenters. The number of benzene rings is 3. The highest BCUT2D eigenvalue weighted by Gasteiger charge is 2.15. The van der Waals surface area contributed by atoms with Crippen molar-refractivity contribution in [2.24, 2.45) is 0 Å². The fourth-order valence-electron chi connectivity index (χ4n) is 2.66. The first-order valence-electron chi connectivity index (χ1n) is 9.03. The zero-order valence-electron chi connectivity index (χ0n) is 16.2. The van der Waals surface area contributed by atoms with Gasteiger partial charge in [0.15, 0.2) is 0 Å². The van der Waals surface area contributed by atoms with Crippen LogP contribution >= 0.6 is 46.6 Å². The number of carbonyl (C=O) groups excluding carboxylic acids is 1. The van der Waals surface area contributed by atoms with Gasteiger partial charge in [-0.25, -0.2) is 12.8 Å². The molecule has 3 rings (SSSR count). The molecule has 5 nitrogen and oxygen atoms in total. The van der Waals surface area contributed by atoms with Crippen LogP contribution in [0.5, 0.6) is 0 Å². The van der Waals surface area contributed by atoms with Crippen molar-refractivity contribution < 1.29 is 17.6 Å². The second kappa shape index (κ2) is 10.8. The van der Waals surface area contributed by atoms with Gasteiger partial charge in [-0.1, -0.05) is 40.9 Å². The van der Waals surface area contributed by atoms with Crippen LogP contribution in [0.25, 0.3) is 0 Å². The maximum absolute atomic E-state index is 13.8. The number of hydrogen-bond donors (Lipinski definition) is 2. The lowest BCUT2D eigenvalue weighted by atomic mass is 10.2. The smallest absolute Gasteiger partial charge is 0.261 e. The number of halogens is 4. The summed E-state index contributed by atoms with van der Waals surface area (Å²) in [6.07, 6.45) is 0. The summed E-state index contributed by atoms with van der Waals surface area (Å²) in [6, 6.07) is 14.4. The van der Waals surface area contributed by atoms with Crippen molar-refractivity contribution in [3.63, 3.8) is 0 Å². The minimum absolute atomic E-state index is 0.00448. The van der Waals surface area contributed by atoms with E-state index in [-0.39, 0.29) is 28.0 Å². The molecule has 0 saturated carbocycles. The van der Waals surface area contributed by atoms with E-state index in [2.05, 4.69) is 10.0 Å². The Hall–Kier alpha value is -1.97. The van der Waals surface area contributed by atoms with Crippen molar-refractivity contribution in [1.29, 1.82) is 0 Å². The molecule has 168 valence electrons. The highest BCUT2D eigenvalue weighted by molar-refractivity contribution is 7.99. The first-order chi connectivity index (χ1) is 15.1. The maximum Gasteiger partial charge on any atom is 0.261 e. The van der Waals surface area contributed by atoms with Crippen molar-refractivity contribution in [2.75, 3.05) is 15.8 Å². The molecular weight excluding hydrogens is 518 g/mol. The minimum Gasteiger partial charge on any atom is -0.325 e. The molecule has 0 spiro atoms. The van der Waals surface area contributed by atoms with Gasteiger partial charge in [0.1, 0.15) is 5.82 Å². The average Bonchev–Trinajstić information content (AvgIpc) is 2.69. The Balaban J connectivity index is 1.57. The molecule has 3 aromatic carbocycles. The number of thioether (sulfide) groups is 1. The van der Waals surface area contributed by atoms with Crippen LogP contribution in [0.1, 0.15) is 5.56 Å². The first-order valence-corrected chi connectivity index (χ1v) is 12.8. The average molecular weight is 534 g/mol. The van der Waals surface area contributed by atoms with Crippen LogP contribution in [0.15, 0.2) is 65.6 Å². The molecule has 0 saturated heterocycles. The van der Waals surface area contributed by atoms with Crippen molar-refractivity contribution in [1.82, 2.24) is 0 Å². The van der Waals surface area contributed by atoms with E-state index < -0.39 is 15.8 Å². The van der Waals surface area contributed by atoms with Gasteiger partial charge in [-0.3, -0.25) is 9.52 Å². The predicted octanol–water partition coefficient (Wildman–Crippen LogP) is 6.46. The highest BCUT2D eigenvalue weighted by Crippen LogP contribution is 2.26. The van der Waals surface area contributed by atoms with Crippen LogP contribution in [-0.4, -0.2) is 20.1 Å². The van der Waals surface area contributed by atoms with Crippen LogP contribution in [0.4, 0.5) is 15.8 Å². The summed E-state index contributed by atoms with van der Waals surface area (Å²) in [5.74, 6) is -0.419. The summed E-state index contributed by atoms with van der Waals surface area (Å²) in [5, 5.41) is 3.56. The van der Waals surface area contributed by atoms with Gasteiger partial charge in [-0.2, -0.15) is 0 Å². The molecule has 0 radical (unpaired) electrons. The zero-order valence-corrected chi connectivity index (χ0v) is 20.1. The monoisotopic (exact) mass is 532 g/mol. The number of carbonyl (C=O) groups is 1. The van der Waals surface area contributed by atoms with E-state index in [1.54, 1.807) is 6.07 Å². The first kappa shape index (κ1) is 24.7. The van der Waals surface area contributed by atoms with E-state index in [0.29, 0.717) is 26.3 Å². The van der Waals surface area contributed by atoms with Crippen molar-refractivity contribution >= 4 is 73.9 Å². The van der Waals surface area contributed by atoms with Gasteiger partial charge in [0.25, 0.3) is 10.0 Å². The standard InChI is InChI=1S/C21H16Cl3FN2O3S2/c22-13-8-14(23)10-16(9-13)27-32(29,30)17-6-4-15(5-7-17)26-21(28)12-31-11-18-19(24)2-1-3-20(18)25/h1-10,27H,11-12H2,(H,26,28). The van der Waals surface area contributed by atoms with Crippen molar-refractivity contribution in [3.05, 3.63) is 87.1 Å². The van der Waals surface area contributed by atoms with Crippen molar-refractivity contribution in [3.8, 4) is 0 Å². The van der Waals surface area contributed by atoms with Crippen LogP contribution < -0.4 is 10.0 Å². The van der Waals surface area contributed by atoms with Crippen molar-refractivity contribution in [2.45, 2.75) is 10.6 Å². The maximum atomic E-state index is 13.8. The fourth-order valence-corrected chi connectivity index (χ4v) is 5.39. The van der Waals surface area contributed by atoms with E-state index >= 15 is 0 Å². The quantitative estimate of drug-likeness (QED) is 0.348. The molecular formula is C21H16Cl3FN2O3S2. The Bertz CT molecular complexity index is 1200. The molecule has 0 fully saturated rings. The second-order valence-corrected chi connectivity index (χ2v) is 10.5. The molecule has 11 heteroatoms. The SMILES string of the molecule is O=C(CSCc1c(F)cccc1Cl)Nc1ccc(S(=O)(=O)Nc2cc(Cl)cc(Cl)c2)cc1. The lowest BCUT2D eigenvalue weighted by Gasteiger charge is -2.10. The molecule has 0 bridgehead atoms. The number of rotatable bonds is 8. The molecule has 3 aromatic rings. The van der Waals surface area contributed by atoms with Gasteiger partial charge in [-0.15, -0.1) is 11.8 Å². The van der Waals surface area contributed by atoms with E-state index in [1.807, 2.05) is 0 Å². The Morgan fingerprint density at radius 3 is 2.22 bits per heavy atom. The third kappa shape index (κ3) is 6.76. The number of anilines is 2. The minimum atomic E-state index is -3.88.